The predicted octanol–water partition coefficient (Wildman–Crippen LogP) is 1.28. The van der Waals surface area contributed by atoms with Gasteiger partial charge in [0.1, 0.15) is 5.75 Å². The minimum atomic E-state index is -0.546. The van der Waals surface area contributed by atoms with Crippen molar-refractivity contribution in [1.29, 1.82) is 5.26 Å². The number of amides is 1. The van der Waals surface area contributed by atoms with Crippen LogP contribution in [-0.2, 0) is 0 Å². The van der Waals surface area contributed by atoms with Crippen molar-refractivity contribution in [3.05, 3.63) is 29.8 Å². The monoisotopic (exact) mass is 176 g/mol. The topological polar surface area (TPSA) is 62.1 Å². The second kappa shape index (κ2) is 4.12. The molecule has 0 aliphatic carbocycles. The second-order valence-electron chi connectivity index (χ2n) is 2.28. The normalized spacial score (nSPS) is 8.62. The van der Waals surface area contributed by atoms with E-state index in [1.54, 1.807) is 18.2 Å². The summed E-state index contributed by atoms with van der Waals surface area (Å²) in [5, 5.41) is 10.9. The summed E-state index contributed by atoms with van der Waals surface area (Å²) >= 11 is 0. The van der Waals surface area contributed by atoms with Gasteiger partial charge in [0, 0.05) is 7.05 Å². The highest BCUT2D eigenvalue weighted by atomic mass is 16.5. The van der Waals surface area contributed by atoms with Gasteiger partial charge in [-0.1, -0.05) is 6.07 Å². The van der Waals surface area contributed by atoms with Gasteiger partial charge in [0.2, 0.25) is 0 Å². The molecular weight excluding hydrogens is 168 g/mol. The fraction of sp³-hybridized carbons (Fsp3) is 0.111. The fourth-order valence-electron chi connectivity index (χ4n) is 0.787. The second-order valence-corrected chi connectivity index (χ2v) is 2.28. The number of carbonyl (C=O) groups excluding carboxylic acids is 1. The van der Waals surface area contributed by atoms with Gasteiger partial charge in [0.25, 0.3) is 0 Å². The summed E-state index contributed by atoms with van der Waals surface area (Å²) in [5.41, 5.74) is 0.460. The number of hydrogen-bond acceptors (Lipinski definition) is 3. The molecule has 4 nitrogen and oxygen atoms in total. The molecule has 0 unspecified atom stereocenters. The van der Waals surface area contributed by atoms with E-state index < -0.39 is 6.09 Å². The molecule has 0 saturated heterocycles. The predicted molar refractivity (Wildman–Crippen MR) is 46.2 cm³/mol. The van der Waals surface area contributed by atoms with Gasteiger partial charge < -0.3 is 10.1 Å². The summed E-state index contributed by atoms with van der Waals surface area (Å²) < 4.78 is 4.80. The lowest BCUT2D eigenvalue weighted by molar-refractivity contribution is 0.203. The zero-order valence-corrected chi connectivity index (χ0v) is 7.07. The summed E-state index contributed by atoms with van der Waals surface area (Å²) in [6, 6.07) is 8.33. The SMILES string of the molecule is CNC(=O)Oc1cccc(C#N)c1. The largest absolute Gasteiger partial charge is 0.412 e. The molecule has 1 aromatic rings. The van der Waals surface area contributed by atoms with Gasteiger partial charge in [0.15, 0.2) is 0 Å². The van der Waals surface area contributed by atoms with E-state index in [2.05, 4.69) is 5.32 Å². The van der Waals surface area contributed by atoms with Crippen molar-refractivity contribution in [2.75, 3.05) is 7.05 Å². The quantitative estimate of drug-likeness (QED) is 0.701. The Bertz CT molecular complexity index is 355. The van der Waals surface area contributed by atoms with Crippen molar-refractivity contribution in [2.45, 2.75) is 0 Å². The first-order chi connectivity index (χ1) is 6.26. The lowest BCUT2D eigenvalue weighted by Gasteiger charge is -2.02. The lowest BCUT2D eigenvalue weighted by atomic mass is 10.2. The molecule has 1 rings (SSSR count). The Morgan fingerprint density at radius 2 is 2.38 bits per heavy atom. The van der Waals surface area contributed by atoms with Crippen molar-refractivity contribution in [3.8, 4) is 11.8 Å². The summed E-state index contributed by atoms with van der Waals surface area (Å²) in [6.07, 6.45) is -0.546. The third-order valence-electron chi connectivity index (χ3n) is 1.38. The third kappa shape index (κ3) is 2.49. The first-order valence-electron chi connectivity index (χ1n) is 3.66. The highest BCUT2D eigenvalue weighted by Crippen LogP contribution is 2.12. The highest BCUT2D eigenvalue weighted by Gasteiger charge is 2.00. The maximum absolute atomic E-state index is 10.8. The molecule has 0 aromatic heterocycles. The molecule has 0 radical (unpaired) electrons. The average Bonchev–Trinajstić information content (AvgIpc) is 2.18. The molecule has 0 spiro atoms. The smallest absolute Gasteiger partial charge is 0.410 e. The molecule has 1 aromatic carbocycles. The molecule has 0 aliphatic rings. The zero-order chi connectivity index (χ0) is 9.68. The summed E-state index contributed by atoms with van der Waals surface area (Å²) in [4.78, 5) is 10.8. The summed E-state index contributed by atoms with van der Waals surface area (Å²) in [5.74, 6) is 0.360. The van der Waals surface area contributed by atoms with Gasteiger partial charge in [-0.15, -0.1) is 0 Å². The van der Waals surface area contributed by atoms with Gasteiger partial charge in [-0.2, -0.15) is 5.26 Å². The van der Waals surface area contributed by atoms with Crippen LogP contribution >= 0.6 is 0 Å². The van der Waals surface area contributed by atoms with Gasteiger partial charge in [-0.25, -0.2) is 4.79 Å². The van der Waals surface area contributed by atoms with Crippen molar-refractivity contribution < 1.29 is 9.53 Å². The van der Waals surface area contributed by atoms with Crippen molar-refractivity contribution in [3.63, 3.8) is 0 Å². The summed E-state index contributed by atoms with van der Waals surface area (Å²) in [7, 11) is 1.47. The van der Waals surface area contributed by atoms with E-state index in [-0.39, 0.29) is 0 Å². The van der Waals surface area contributed by atoms with Crippen LogP contribution in [0.4, 0.5) is 4.79 Å². The fourth-order valence-corrected chi connectivity index (χ4v) is 0.787. The Labute approximate surface area is 75.7 Å². The standard InChI is InChI=1S/C9H8N2O2/c1-11-9(12)13-8-4-2-3-7(5-8)6-10/h2-5H,1H3,(H,11,12). The van der Waals surface area contributed by atoms with Crippen LogP contribution in [0.2, 0.25) is 0 Å². The molecule has 0 aliphatic heterocycles. The molecule has 0 atom stereocenters. The van der Waals surface area contributed by atoms with Crippen LogP contribution in [0.1, 0.15) is 5.56 Å². The molecule has 0 heterocycles. The number of hydrogen-bond donors (Lipinski definition) is 1. The molecule has 1 N–H and O–H groups in total. The number of nitrogens with zero attached hydrogens (tertiary/aromatic N) is 1. The van der Waals surface area contributed by atoms with Crippen LogP contribution in [0.25, 0.3) is 0 Å². The van der Waals surface area contributed by atoms with Gasteiger partial charge in [-0.3, -0.25) is 0 Å². The lowest BCUT2D eigenvalue weighted by Crippen LogP contribution is -2.21. The zero-order valence-electron chi connectivity index (χ0n) is 7.07. The molecule has 4 heteroatoms. The van der Waals surface area contributed by atoms with E-state index in [4.69, 9.17) is 10.00 Å². The highest BCUT2D eigenvalue weighted by molar-refractivity contribution is 5.70. The van der Waals surface area contributed by atoms with E-state index in [9.17, 15) is 4.79 Å². The number of carbonyl (C=O) groups is 1. The van der Waals surface area contributed by atoms with Crippen LogP contribution in [-0.4, -0.2) is 13.1 Å². The molecule has 13 heavy (non-hydrogen) atoms. The van der Waals surface area contributed by atoms with E-state index >= 15 is 0 Å². The molecule has 0 fully saturated rings. The molecule has 0 saturated carbocycles. The van der Waals surface area contributed by atoms with Crippen LogP contribution < -0.4 is 10.1 Å². The summed E-state index contributed by atoms with van der Waals surface area (Å²) in [6.45, 7) is 0. The number of ether oxygens (including phenoxy) is 1. The van der Waals surface area contributed by atoms with Gasteiger partial charge in [0.05, 0.1) is 11.6 Å². The minimum absolute atomic E-state index is 0.360. The van der Waals surface area contributed by atoms with Gasteiger partial charge in [-0.05, 0) is 18.2 Å². The van der Waals surface area contributed by atoms with Crippen molar-refractivity contribution in [1.82, 2.24) is 5.32 Å². The van der Waals surface area contributed by atoms with Gasteiger partial charge >= 0.3 is 6.09 Å². The number of rotatable bonds is 1. The van der Waals surface area contributed by atoms with Crippen LogP contribution in [0, 0.1) is 11.3 Å². The third-order valence-corrected chi connectivity index (χ3v) is 1.38. The number of nitrogens with one attached hydrogen (secondary N) is 1. The van der Waals surface area contributed by atoms with Crippen LogP contribution in [0.15, 0.2) is 24.3 Å². The maximum Gasteiger partial charge on any atom is 0.412 e. The van der Waals surface area contributed by atoms with E-state index in [0.29, 0.717) is 11.3 Å². The van der Waals surface area contributed by atoms with Crippen molar-refractivity contribution >= 4 is 6.09 Å². The van der Waals surface area contributed by atoms with Crippen LogP contribution in [0.5, 0.6) is 5.75 Å². The molecule has 0 bridgehead atoms. The Balaban J connectivity index is 2.79. The Hall–Kier alpha value is -2.02. The number of nitriles is 1. The molecule has 66 valence electrons. The number of benzene rings is 1. The minimum Gasteiger partial charge on any atom is -0.410 e. The van der Waals surface area contributed by atoms with E-state index in [1.165, 1.54) is 13.1 Å². The molecule has 1 amide bonds. The average molecular weight is 176 g/mol. The first-order valence-corrected chi connectivity index (χ1v) is 3.66. The Morgan fingerprint density at radius 3 is 3.00 bits per heavy atom. The van der Waals surface area contributed by atoms with E-state index in [0.717, 1.165) is 0 Å². The van der Waals surface area contributed by atoms with Crippen molar-refractivity contribution in [2.24, 2.45) is 0 Å². The van der Waals surface area contributed by atoms with E-state index in [1.807, 2.05) is 6.07 Å². The maximum atomic E-state index is 10.8. The Kier molecular flexibility index (Phi) is 2.87. The molecular formula is C9H8N2O2. The Morgan fingerprint density at radius 1 is 1.62 bits per heavy atom. The van der Waals surface area contributed by atoms with Crippen LogP contribution in [0.3, 0.4) is 0 Å². The first kappa shape index (κ1) is 9.07.